The van der Waals surface area contributed by atoms with Gasteiger partial charge in [0.1, 0.15) is 0 Å². The summed E-state index contributed by atoms with van der Waals surface area (Å²) in [5.74, 6) is -0.652. The second-order valence-corrected chi connectivity index (χ2v) is 15.9. The second kappa shape index (κ2) is 33.5. The topological polar surface area (TPSA) is 65.0 Å². The van der Waals surface area contributed by atoms with Crippen molar-refractivity contribution in [3.05, 3.63) is 0 Å². The Morgan fingerprint density at radius 3 is 0.762 bits per heavy atom. The Labute approximate surface area is 264 Å². The van der Waals surface area contributed by atoms with Gasteiger partial charge in [0.05, 0.1) is 0 Å². The van der Waals surface area contributed by atoms with Crippen LogP contribution in [0.2, 0.25) is 6.04 Å². The van der Waals surface area contributed by atoms with E-state index in [-0.39, 0.29) is 0 Å². The maximum Gasteiger partial charge on any atom is 0.500 e. The van der Waals surface area contributed by atoms with Crippen LogP contribution < -0.4 is 0 Å². The molecule has 0 saturated heterocycles. The standard InChI is InChI=1S/C36H74O5Si/c1-39-42(40-2,41-3)35-33-31-29-27-25-23-21-19-17-15-13-11-9-7-5-4-6-8-10-12-14-16-18-20-22-24-26-28-30-32-34-36(37)38/h4-35H2,1-3H3,(H,37,38). The van der Waals surface area contributed by atoms with Gasteiger partial charge in [-0.05, 0) is 12.8 Å². The minimum Gasteiger partial charge on any atom is -0.481 e. The van der Waals surface area contributed by atoms with E-state index in [0.717, 1.165) is 25.3 Å². The van der Waals surface area contributed by atoms with Gasteiger partial charge in [-0.3, -0.25) is 4.79 Å². The van der Waals surface area contributed by atoms with E-state index in [1.807, 2.05) is 0 Å². The number of hydrogen-bond acceptors (Lipinski definition) is 4. The van der Waals surface area contributed by atoms with Gasteiger partial charge in [0.2, 0.25) is 0 Å². The Bertz CT molecular complexity index is 533. The average Bonchev–Trinajstić information content (AvgIpc) is 3.00. The molecule has 0 radical (unpaired) electrons. The Hall–Kier alpha value is -0.433. The highest BCUT2D eigenvalue weighted by Gasteiger charge is 2.36. The quantitative estimate of drug-likeness (QED) is 0.0561. The molecule has 0 saturated carbocycles. The molecule has 0 spiro atoms. The zero-order valence-corrected chi connectivity index (χ0v) is 29.7. The van der Waals surface area contributed by atoms with Gasteiger partial charge in [-0.2, -0.15) is 0 Å². The summed E-state index contributed by atoms with van der Waals surface area (Å²) in [6.07, 6.45) is 41.2. The summed E-state index contributed by atoms with van der Waals surface area (Å²) in [7, 11) is 2.76. The first-order valence-electron chi connectivity index (χ1n) is 18.5. The Kier molecular flexibility index (Phi) is 33.1. The van der Waals surface area contributed by atoms with Gasteiger partial charge in [-0.25, -0.2) is 0 Å². The monoisotopic (exact) mass is 615 g/mol. The molecule has 0 aliphatic rings. The molecule has 0 heterocycles. The third kappa shape index (κ3) is 29.6. The molecule has 0 unspecified atom stereocenters. The number of aliphatic carboxylic acids is 1. The summed E-state index contributed by atoms with van der Waals surface area (Å²) in [5, 5.41) is 8.64. The first-order chi connectivity index (χ1) is 20.6. The van der Waals surface area contributed by atoms with Gasteiger partial charge in [-0.1, -0.05) is 180 Å². The molecule has 5 nitrogen and oxygen atoms in total. The number of carbonyl (C=O) groups is 1. The number of carboxylic acids is 1. The van der Waals surface area contributed by atoms with E-state index < -0.39 is 14.8 Å². The molecule has 0 fully saturated rings. The van der Waals surface area contributed by atoms with Crippen molar-refractivity contribution in [3.63, 3.8) is 0 Å². The predicted molar refractivity (Wildman–Crippen MR) is 182 cm³/mol. The van der Waals surface area contributed by atoms with Crippen molar-refractivity contribution in [1.29, 1.82) is 0 Å². The van der Waals surface area contributed by atoms with E-state index in [4.69, 9.17) is 18.4 Å². The molecule has 0 aliphatic heterocycles. The molecule has 0 rings (SSSR count). The predicted octanol–water partition coefficient (Wildman–Crippen LogP) is 12.0. The highest BCUT2D eigenvalue weighted by molar-refractivity contribution is 6.60. The number of carboxylic acid groups (broad SMARTS) is 1. The van der Waals surface area contributed by atoms with E-state index in [0.29, 0.717) is 6.42 Å². The zero-order chi connectivity index (χ0) is 30.8. The largest absolute Gasteiger partial charge is 0.500 e. The van der Waals surface area contributed by atoms with Crippen LogP contribution in [-0.4, -0.2) is 41.2 Å². The van der Waals surface area contributed by atoms with Gasteiger partial charge >= 0.3 is 14.8 Å². The van der Waals surface area contributed by atoms with Crippen LogP contribution in [0.1, 0.15) is 199 Å². The van der Waals surface area contributed by atoms with Gasteiger partial charge in [0.15, 0.2) is 0 Å². The van der Waals surface area contributed by atoms with Crippen molar-refractivity contribution < 1.29 is 23.2 Å². The first-order valence-corrected chi connectivity index (χ1v) is 20.4. The van der Waals surface area contributed by atoms with Crippen molar-refractivity contribution >= 4 is 14.8 Å². The van der Waals surface area contributed by atoms with Crippen molar-refractivity contribution in [1.82, 2.24) is 0 Å². The smallest absolute Gasteiger partial charge is 0.481 e. The summed E-state index contributed by atoms with van der Waals surface area (Å²) in [6.45, 7) is 0. The Morgan fingerprint density at radius 1 is 0.381 bits per heavy atom. The minimum absolute atomic E-state index is 0.342. The molecule has 0 amide bonds. The third-order valence-corrected chi connectivity index (χ3v) is 11.9. The maximum atomic E-state index is 10.5. The molecular weight excluding hydrogens is 540 g/mol. The number of hydrogen-bond donors (Lipinski definition) is 1. The summed E-state index contributed by atoms with van der Waals surface area (Å²) < 4.78 is 16.5. The molecular formula is C36H74O5Si. The van der Waals surface area contributed by atoms with E-state index in [1.165, 1.54) is 173 Å². The molecule has 0 aromatic rings. The van der Waals surface area contributed by atoms with Crippen LogP contribution in [0.5, 0.6) is 0 Å². The van der Waals surface area contributed by atoms with Crippen LogP contribution in [0.3, 0.4) is 0 Å². The number of rotatable bonds is 36. The molecule has 0 aliphatic carbocycles. The van der Waals surface area contributed by atoms with Gasteiger partial charge in [-0.15, -0.1) is 0 Å². The molecule has 6 heteroatoms. The second-order valence-electron chi connectivity index (χ2n) is 12.8. The van der Waals surface area contributed by atoms with Crippen LogP contribution in [0.15, 0.2) is 0 Å². The van der Waals surface area contributed by atoms with Crippen molar-refractivity contribution in [2.45, 2.75) is 205 Å². The molecule has 0 bridgehead atoms. The molecule has 0 atom stereocenters. The molecule has 0 aromatic carbocycles. The normalized spacial score (nSPS) is 11.9. The lowest BCUT2D eigenvalue weighted by atomic mass is 10.0. The molecule has 0 aromatic heterocycles. The van der Waals surface area contributed by atoms with Gasteiger partial charge in [0.25, 0.3) is 0 Å². The lowest BCUT2D eigenvalue weighted by molar-refractivity contribution is -0.137. The van der Waals surface area contributed by atoms with Crippen LogP contribution in [0, 0.1) is 0 Å². The fourth-order valence-electron chi connectivity index (χ4n) is 6.12. The number of unbranched alkanes of at least 4 members (excludes halogenated alkanes) is 29. The maximum absolute atomic E-state index is 10.5. The molecule has 252 valence electrons. The highest BCUT2D eigenvalue weighted by atomic mass is 28.4. The minimum atomic E-state index is -2.35. The molecule has 1 N–H and O–H groups in total. The van der Waals surface area contributed by atoms with Crippen molar-refractivity contribution in [2.24, 2.45) is 0 Å². The van der Waals surface area contributed by atoms with Crippen LogP contribution in [0.25, 0.3) is 0 Å². The fraction of sp³-hybridized carbons (Fsp3) is 0.972. The average molecular weight is 615 g/mol. The lowest BCUT2D eigenvalue weighted by Gasteiger charge is -2.24. The first kappa shape index (κ1) is 41.6. The van der Waals surface area contributed by atoms with E-state index in [2.05, 4.69) is 0 Å². The third-order valence-electron chi connectivity index (χ3n) is 9.06. The van der Waals surface area contributed by atoms with E-state index in [9.17, 15) is 4.79 Å². The summed E-state index contributed by atoms with van der Waals surface area (Å²) in [6, 6.07) is 0.932. The fourth-order valence-corrected chi connectivity index (χ4v) is 7.92. The van der Waals surface area contributed by atoms with E-state index >= 15 is 0 Å². The summed E-state index contributed by atoms with van der Waals surface area (Å²) in [5.41, 5.74) is 0. The molecule has 42 heavy (non-hydrogen) atoms. The zero-order valence-electron chi connectivity index (χ0n) is 28.7. The van der Waals surface area contributed by atoms with Crippen LogP contribution in [0.4, 0.5) is 0 Å². The van der Waals surface area contributed by atoms with Crippen LogP contribution >= 0.6 is 0 Å². The SMILES string of the molecule is CO[Si](CCCCCCCCCCCCCCCCCCCCCCCCCCCCCCCCC(=O)O)(OC)OC. The van der Waals surface area contributed by atoms with E-state index in [1.54, 1.807) is 21.3 Å². The highest BCUT2D eigenvalue weighted by Crippen LogP contribution is 2.19. The summed E-state index contributed by atoms with van der Waals surface area (Å²) >= 11 is 0. The van der Waals surface area contributed by atoms with Gasteiger partial charge < -0.3 is 18.4 Å². The Morgan fingerprint density at radius 2 is 0.571 bits per heavy atom. The van der Waals surface area contributed by atoms with Gasteiger partial charge in [0, 0.05) is 33.8 Å². The van der Waals surface area contributed by atoms with Crippen molar-refractivity contribution in [3.8, 4) is 0 Å². The Balaban J connectivity index is 3.13. The lowest BCUT2D eigenvalue weighted by Crippen LogP contribution is -2.42. The van der Waals surface area contributed by atoms with Crippen LogP contribution in [-0.2, 0) is 18.1 Å². The summed E-state index contributed by atoms with van der Waals surface area (Å²) in [4.78, 5) is 10.5. The van der Waals surface area contributed by atoms with Crippen molar-refractivity contribution in [2.75, 3.05) is 21.3 Å².